The highest BCUT2D eigenvalue weighted by atomic mass is 16.5. The Morgan fingerprint density at radius 1 is 1.17 bits per heavy atom. The SMILES string of the molecule is COc1ccc([C@H](CNC(=O)[C@@H]2Cc3ccccc3C(=O)O2)N2CCOCC2)cc1. The maximum Gasteiger partial charge on any atom is 0.339 e. The van der Waals surface area contributed by atoms with Gasteiger partial charge in [-0.2, -0.15) is 0 Å². The normalized spacial score (nSPS) is 20.0. The van der Waals surface area contributed by atoms with Crippen LogP contribution in [0.1, 0.15) is 27.5 Å². The number of carbonyl (C=O) groups is 2. The van der Waals surface area contributed by atoms with Gasteiger partial charge in [0, 0.05) is 26.1 Å². The number of ether oxygens (including phenoxy) is 3. The van der Waals surface area contributed by atoms with E-state index in [0.717, 1.165) is 30.0 Å². The van der Waals surface area contributed by atoms with Gasteiger partial charge in [-0.25, -0.2) is 4.79 Å². The van der Waals surface area contributed by atoms with Crippen LogP contribution in [0.3, 0.4) is 0 Å². The van der Waals surface area contributed by atoms with Crippen LogP contribution in [0.25, 0.3) is 0 Å². The van der Waals surface area contributed by atoms with Gasteiger partial charge in [-0.15, -0.1) is 0 Å². The first-order chi connectivity index (χ1) is 14.7. The molecular formula is C23H26N2O5. The lowest BCUT2D eigenvalue weighted by molar-refractivity contribution is -0.130. The number of nitrogens with zero attached hydrogens (tertiary/aromatic N) is 1. The molecule has 7 heteroatoms. The van der Waals surface area contributed by atoms with Gasteiger partial charge in [-0.1, -0.05) is 30.3 Å². The number of hydrogen-bond donors (Lipinski definition) is 1. The second-order valence-electron chi connectivity index (χ2n) is 7.44. The minimum absolute atomic E-state index is 0.00432. The molecule has 0 aliphatic carbocycles. The van der Waals surface area contributed by atoms with E-state index in [1.807, 2.05) is 36.4 Å². The Labute approximate surface area is 175 Å². The number of cyclic esters (lactones) is 1. The summed E-state index contributed by atoms with van der Waals surface area (Å²) in [5.74, 6) is 0.0674. The molecule has 0 aromatic heterocycles. The van der Waals surface area contributed by atoms with E-state index in [-0.39, 0.29) is 11.9 Å². The Hall–Kier alpha value is -2.90. The van der Waals surface area contributed by atoms with Crippen molar-refractivity contribution < 1.29 is 23.8 Å². The lowest BCUT2D eigenvalue weighted by Crippen LogP contribution is -2.47. The summed E-state index contributed by atoms with van der Waals surface area (Å²) in [5.41, 5.74) is 2.46. The molecule has 4 rings (SSSR count). The second kappa shape index (κ2) is 9.28. The smallest absolute Gasteiger partial charge is 0.339 e. The van der Waals surface area contributed by atoms with Crippen LogP contribution >= 0.6 is 0 Å². The molecule has 1 fully saturated rings. The molecular weight excluding hydrogens is 384 g/mol. The van der Waals surface area contributed by atoms with Crippen LogP contribution in [0.15, 0.2) is 48.5 Å². The molecule has 1 saturated heterocycles. The molecule has 1 N–H and O–H groups in total. The standard InChI is InChI=1S/C23H26N2O5/c1-28-18-8-6-16(7-9-18)20(25-10-12-29-13-11-25)15-24-22(26)21-14-17-4-2-3-5-19(17)23(27)30-21/h2-9,20-21H,10-15H2,1H3,(H,24,26)/t20-,21-/m0/s1. The second-order valence-corrected chi connectivity index (χ2v) is 7.44. The lowest BCUT2D eigenvalue weighted by Gasteiger charge is -2.35. The summed E-state index contributed by atoms with van der Waals surface area (Å²) >= 11 is 0. The van der Waals surface area contributed by atoms with Gasteiger partial charge in [0.15, 0.2) is 6.10 Å². The van der Waals surface area contributed by atoms with Crippen molar-refractivity contribution in [2.45, 2.75) is 18.6 Å². The lowest BCUT2D eigenvalue weighted by atomic mass is 9.98. The molecule has 0 bridgehead atoms. The molecule has 7 nitrogen and oxygen atoms in total. The van der Waals surface area contributed by atoms with Gasteiger partial charge >= 0.3 is 5.97 Å². The summed E-state index contributed by atoms with van der Waals surface area (Å²) in [5, 5.41) is 3.00. The molecule has 2 aliphatic heterocycles. The predicted molar refractivity (Wildman–Crippen MR) is 110 cm³/mol. The molecule has 1 amide bonds. The number of fused-ring (bicyclic) bond motifs is 1. The fourth-order valence-electron chi connectivity index (χ4n) is 3.96. The number of nitrogens with one attached hydrogen (secondary N) is 1. The van der Waals surface area contributed by atoms with Crippen molar-refractivity contribution in [3.63, 3.8) is 0 Å². The molecule has 0 saturated carbocycles. The predicted octanol–water partition coefficient (Wildman–Crippen LogP) is 1.97. The number of benzene rings is 2. The first-order valence-corrected chi connectivity index (χ1v) is 10.2. The average Bonchev–Trinajstić information content (AvgIpc) is 2.80. The van der Waals surface area contributed by atoms with Crippen LogP contribution in [0, 0.1) is 0 Å². The van der Waals surface area contributed by atoms with E-state index in [1.165, 1.54) is 0 Å². The van der Waals surface area contributed by atoms with Crippen molar-refractivity contribution in [1.82, 2.24) is 10.2 Å². The Morgan fingerprint density at radius 2 is 1.90 bits per heavy atom. The minimum Gasteiger partial charge on any atom is -0.497 e. The summed E-state index contributed by atoms with van der Waals surface area (Å²) in [6, 6.07) is 15.1. The minimum atomic E-state index is -0.811. The summed E-state index contributed by atoms with van der Waals surface area (Å²) in [6.45, 7) is 3.33. The van der Waals surface area contributed by atoms with Gasteiger partial charge in [-0.3, -0.25) is 9.69 Å². The van der Waals surface area contributed by atoms with Crippen LogP contribution in [-0.2, 0) is 20.7 Å². The highest BCUT2D eigenvalue weighted by Crippen LogP contribution is 2.24. The quantitative estimate of drug-likeness (QED) is 0.734. The Kier molecular flexibility index (Phi) is 6.30. The van der Waals surface area contributed by atoms with Crippen molar-refractivity contribution in [1.29, 1.82) is 0 Å². The van der Waals surface area contributed by atoms with E-state index in [0.29, 0.717) is 31.7 Å². The summed E-state index contributed by atoms with van der Waals surface area (Å²) in [6.07, 6.45) is -0.424. The van der Waals surface area contributed by atoms with Crippen LogP contribution < -0.4 is 10.1 Å². The average molecular weight is 410 g/mol. The van der Waals surface area contributed by atoms with E-state index in [2.05, 4.69) is 10.2 Å². The number of carbonyl (C=O) groups excluding carboxylic acids is 2. The number of amides is 1. The van der Waals surface area contributed by atoms with Gasteiger partial charge in [0.2, 0.25) is 0 Å². The van der Waals surface area contributed by atoms with E-state index >= 15 is 0 Å². The van der Waals surface area contributed by atoms with Crippen LogP contribution in [0.2, 0.25) is 0 Å². The van der Waals surface area contributed by atoms with Crippen molar-refractivity contribution in [2.24, 2.45) is 0 Å². The van der Waals surface area contributed by atoms with Gasteiger partial charge in [0.1, 0.15) is 5.75 Å². The number of rotatable bonds is 6. The van der Waals surface area contributed by atoms with Gasteiger partial charge in [-0.05, 0) is 29.3 Å². The molecule has 2 aliphatic rings. The third kappa shape index (κ3) is 4.47. The molecule has 0 spiro atoms. The Morgan fingerprint density at radius 3 is 2.63 bits per heavy atom. The van der Waals surface area contributed by atoms with Crippen molar-refractivity contribution in [2.75, 3.05) is 40.0 Å². The molecule has 158 valence electrons. The maximum atomic E-state index is 12.8. The van der Waals surface area contributed by atoms with Crippen LogP contribution in [0.4, 0.5) is 0 Å². The van der Waals surface area contributed by atoms with Crippen LogP contribution in [0.5, 0.6) is 5.75 Å². The molecule has 30 heavy (non-hydrogen) atoms. The zero-order chi connectivity index (χ0) is 20.9. The summed E-state index contributed by atoms with van der Waals surface area (Å²) in [4.78, 5) is 27.4. The van der Waals surface area contributed by atoms with Gasteiger partial charge in [0.05, 0.1) is 31.9 Å². The van der Waals surface area contributed by atoms with E-state index < -0.39 is 12.1 Å². The van der Waals surface area contributed by atoms with E-state index in [4.69, 9.17) is 14.2 Å². The zero-order valence-electron chi connectivity index (χ0n) is 17.0. The maximum absolute atomic E-state index is 12.8. The highest BCUT2D eigenvalue weighted by molar-refractivity contribution is 5.95. The number of esters is 1. The molecule has 2 atom stereocenters. The Bertz CT molecular complexity index is 893. The summed E-state index contributed by atoms with van der Waals surface area (Å²) < 4.78 is 16.1. The number of hydrogen-bond acceptors (Lipinski definition) is 6. The third-order valence-electron chi connectivity index (χ3n) is 5.64. The molecule has 0 radical (unpaired) electrons. The Balaban J connectivity index is 1.45. The first-order valence-electron chi connectivity index (χ1n) is 10.2. The molecule has 0 unspecified atom stereocenters. The molecule has 2 aromatic carbocycles. The number of morpholine rings is 1. The van der Waals surface area contributed by atoms with Gasteiger partial charge < -0.3 is 19.5 Å². The fourth-order valence-corrected chi connectivity index (χ4v) is 3.96. The topological polar surface area (TPSA) is 77.1 Å². The van der Waals surface area contributed by atoms with Crippen molar-refractivity contribution >= 4 is 11.9 Å². The highest BCUT2D eigenvalue weighted by Gasteiger charge is 2.32. The fraction of sp³-hybridized carbons (Fsp3) is 0.391. The number of methoxy groups -OCH3 is 1. The van der Waals surface area contributed by atoms with E-state index in [9.17, 15) is 9.59 Å². The molecule has 2 aromatic rings. The van der Waals surface area contributed by atoms with Crippen molar-refractivity contribution in [3.8, 4) is 5.75 Å². The largest absolute Gasteiger partial charge is 0.497 e. The zero-order valence-corrected chi connectivity index (χ0v) is 17.0. The van der Waals surface area contributed by atoms with E-state index in [1.54, 1.807) is 19.2 Å². The van der Waals surface area contributed by atoms with Gasteiger partial charge in [0.25, 0.3) is 5.91 Å². The monoisotopic (exact) mass is 410 g/mol. The van der Waals surface area contributed by atoms with Crippen LogP contribution in [-0.4, -0.2) is 62.8 Å². The summed E-state index contributed by atoms with van der Waals surface area (Å²) in [7, 11) is 1.64. The first kappa shape index (κ1) is 20.4. The third-order valence-corrected chi connectivity index (χ3v) is 5.64. The van der Waals surface area contributed by atoms with Crippen molar-refractivity contribution in [3.05, 3.63) is 65.2 Å². The molecule has 2 heterocycles.